The quantitative estimate of drug-likeness (QED) is 0.0285. The van der Waals surface area contributed by atoms with E-state index in [9.17, 15) is 9.59 Å². The molecule has 0 saturated heterocycles. The second-order valence-electron chi connectivity index (χ2n) is 27.0. The predicted octanol–water partition coefficient (Wildman–Crippen LogP) is 26.4. The second kappa shape index (κ2) is 32.6. The molecule has 4 heterocycles. The Morgan fingerprint density at radius 2 is 0.554 bits per heavy atom. The van der Waals surface area contributed by atoms with Crippen molar-refractivity contribution in [2.75, 3.05) is 0 Å². The highest BCUT2D eigenvalue weighted by atomic mass is 32.1. The molecule has 2 nitrogen and oxygen atoms in total. The average Bonchev–Trinajstić information content (AvgIpc) is 1.50. The molecule has 482 valence electrons. The SMILES string of the molecule is CCCCCCc1ccc(C2(c3ccc(CCCCCC)cc3)c3cc4c(cc3-c3sc(-c5sc(C=O)cc5CCCCCC)cc32)C(c2ccc(CCCCCC)cc2)(c2ccc(CCCCCC)cc2)c2cc(-c3sc(C=O)cc3CCCCCC)sc2-4)cc1. The number of aldehydes is 2. The van der Waals surface area contributed by atoms with E-state index in [-0.39, 0.29) is 0 Å². The first kappa shape index (κ1) is 67.7. The third-order valence-corrected chi connectivity index (χ3v) is 25.4. The molecular weight excluding hydrogens is 1190 g/mol. The zero-order valence-electron chi connectivity index (χ0n) is 56.5. The summed E-state index contributed by atoms with van der Waals surface area (Å²) in [4.78, 5) is 35.1. The normalized spacial score (nSPS) is 13.4. The summed E-state index contributed by atoms with van der Waals surface area (Å²) in [7, 11) is 0. The van der Waals surface area contributed by atoms with E-state index < -0.39 is 10.8 Å². The van der Waals surface area contributed by atoms with Crippen molar-refractivity contribution in [3.63, 3.8) is 0 Å². The Balaban J connectivity index is 1.20. The van der Waals surface area contributed by atoms with Crippen molar-refractivity contribution in [2.24, 2.45) is 0 Å². The summed E-state index contributed by atoms with van der Waals surface area (Å²) in [5.41, 5.74) is 20.2. The van der Waals surface area contributed by atoms with Gasteiger partial charge in [0, 0.05) is 29.3 Å². The fraction of sp³-hybridized carbons (Fsp3) is 0.442. The van der Waals surface area contributed by atoms with Crippen LogP contribution in [0.5, 0.6) is 0 Å². The lowest BCUT2D eigenvalue weighted by Gasteiger charge is -2.35. The number of hydrogen-bond acceptors (Lipinski definition) is 6. The molecule has 5 aromatic carbocycles. The largest absolute Gasteiger partial charge is 0.297 e. The fourth-order valence-electron chi connectivity index (χ4n) is 15.4. The molecule has 0 amide bonds. The van der Waals surface area contributed by atoms with E-state index in [2.05, 4.69) is 175 Å². The van der Waals surface area contributed by atoms with E-state index in [1.54, 1.807) is 22.7 Å². The van der Waals surface area contributed by atoms with Crippen molar-refractivity contribution in [2.45, 2.75) is 245 Å². The highest BCUT2D eigenvalue weighted by Gasteiger charge is 2.53. The molecule has 11 rings (SSSR count). The maximum Gasteiger partial charge on any atom is 0.160 e. The van der Waals surface area contributed by atoms with Gasteiger partial charge in [0.1, 0.15) is 0 Å². The molecule has 0 unspecified atom stereocenters. The summed E-state index contributed by atoms with van der Waals surface area (Å²) in [5, 5.41) is 0. The standard InChI is InChI=1S/C86H102O2S4/c1-7-13-19-25-31-61-37-45-67(46-38-61)85(68-47-39-62(40-48-68)32-26-20-14-8-2)75-55-74-76(56-73(75)83-77(85)57-79(91-83)81-65(35-29-23-17-11-5)53-71(59-87)89-81)86(69-49-41-63(42-50-69)33-27-21-15-9-3,70-51-43-64(44-52-70)34-28-22-16-10-4)78-58-80(92-84(74)78)82-66(36-30-24-18-12-6)54-72(60-88)90-82/h37-60H,7-36H2,1-6H3. The molecule has 92 heavy (non-hydrogen) atoms. The number of carbonyl (C=O) groups excluding carboxylic acids is 2. The van der Waals surface area contributed by atoms with Gasteiger partial charge in [-0.15, -0.1) is 45.3 Å². The summed E-state index contributed by atoms with van der Waals surface area (Å²) in [5.74, 6) is 0. The van der Waals surface area contributed by atoms with Gasteiger partial charge in [-0.05, 0) is 202 Å². The van der Waals surface area contributed by atoms with Gasteiger partial charge >= 0.3 is 0 Å². The first-order valence-corrected chi connectivity index (χ1v) is 39.6. The van der Waals surface area contributed by atoms with Gasteiger partial charge in [-0.3, -0.25) is 9.59 Å². The summed E-state index contributed by atoms with van der Waals surface area (Å²) in [6.07, 6.45) is 37.8. The molecule has 6 heteroatoms. The van der Waals surface area contributed by atoms with Gasteiger partial charge in [-0.2, -0.15) is 0 Å². The average molecular weight is 1300 g/mol. The topological polar surface area (TPSA) is 34.1 Å². The first-order chi connectivity index (χ1) is 45.3. The molecule has 0 spiro atoms. The Kier molecular flexibility index (Phi) is 24.0. The number of carbonyl (C=O) groups is 2. The molecule has 9 aromatic rings. The molecule has 0 bridgehead atoms. The van der Waals surface area contributed by atoms with Crippen LogP contribution in [0.1, 0.15) is 293 Å². The Hall–Kier alpha value is -5.76. The molecule has 4 aromatic heterocycles. The van der Waals surface area contributed by atoms with E-state index in [0.717, 1.165) is 73.7 Å². The van der Waals surface area contributed by atoms with E-state index >= 15 is 0 Å². The van der Waals surface area contributed by atoms with Crippen molar-refractivity contribution in [1.29, 1.82) is 0 Å². The maximum absolute atomic E-state index is 12.9. The molecule has 2 aliphatic carbocycles. The lowest BCUT2D eigenvalue weighted by Crippen LogP contribution is -2.30. The van der Waals surface area contributed by atoms with Gasteiger partial charge in [-0.1, -0.05) is 254 Å². The zero-order valence-corrected chi connectivity index (χ0v) is 59.8. The molecule has 2 aliphatic rings. The van der Waals surface area contributed by atoms with Gasteiger partial charge in [0.2, 0.25) is 0 Å². The van der Waals surface area contributed by atoms with Crippen molar-refractivity contribution in [3.8, 4) is 40.4 Å². The number of hydrogen-bond donors (Lipinski definition) is 0. The maximum atomic E-state index is 12.9. The predicted molar refractivity (Wildman–Crippen MR) is 401 cm³/mol. The summed E-state index contributed by atoms with van der Waals surface area (Å²) in [6.45, 7) is 13.8. The minimum absolute atomic E-state index is 0.648. The lowest BCUT2D eigenvalue weighted by atomic mass is 9.65. The van der Waals surface area contributed by atoms with E-state index in [4.69, 9.17) is 0 Å². The lowest BCUT2D eigenvalue weighted by molar-refractivity contribution is 0.111. The fourth-order valence-corrected chi connectivity index (χ4v) is 20.2. The highest BCUT2D eigenvalue weighted by Crippen LogP contribution is 2.66. The minimum atomic E-state index is -0.648. The van der Waals surface area contributed by atoms with Crippen LogP contribution in [0, 0.1) is 0 Å². The van der Waals surface area contributed by atoms with Crippen molar-refractivity contribution in [1.82, 2.24) is 0 Å². The van der Waals surface area contributed by atoms with Crippen molar-refractivity contribution < 1.29 is 9.59 Å². The van der Waals surface area contributed by atoms with Crippen LogP contribution < -0.4 is 0 Å². The van der Waals surface area contributed by atoms with Crippen molar-refractivity contribution in [3.05, 3.63) is 221 Å². The minimum Gasteiger partial charge on any atom is -0.297 e. The Morgan fingerprint density at radius 1 is 0.283 bits per heavy atom. The Labute approximate surface area is 569 Å². The van der Waals surface area contributed by atoms with Gasteiger partial charge in [0.15, 0.2) is 12.6 Å². The third-order valence-electron chi connectivity index (χ3n) is 20.5. The molecule has 0 fully saturated rings. The van der Waals surface area contributed by atoms with Crippen LogP contribution in [0.15, 0.2) is 133 Å². The summed E-state index contributed by atoms with van der Waals surface area (Å²) in [6, 6.07) is 54.6. The number of thiophene rings is 4. The molecule has 0 saturated carbocycles. The molecule has 0 radical (unpaired) electrons. The van der Waals surface area contributed by atoms with Crippen LogP contribution in [0.2, 0.25) is 0 Å². The van der Waals surface area contributed by atoms with E-state index in [0.29, 0.717) is 0 Å². The monoisotopic (exact) mass is 1290 g/mol. The molecule has 0 atom stereocenters. The molecule has 0 N–H and O–H groups in total. The van der Waals surface area contributed by atoms with E-state index in [1.807, 2.05) is 22.7 Å². The van der Waals surface area contributed by atoms with Crippen LogP contribution in [-0.2, 0) is 49.4 Å². The molecular formula is C86H102O2S4. The summed E-state index contributed by atoms with van der Waals surface area (Å²) >= 11 is 7.31. The van der Waals surface area contributed by atoms with Crippen LogP contribution in [0.25, 0.3) is 40.4 Å². The van der Waals surface area contributed by atoms with Crippen LogP contribution in [0.4, 0.5) is 0 Å². The van der Waals surface area contributed by atoms with Crippen molar-refractivity contribution >= 4 is 57.9 Å². The summed E-state index contributed by atoms with van der Waals surface area (Å²) < 4.78 is 0. The second-order valence-corrected chi connectivity index (χ2v) is 31.3. The Bertz CT molecular complexity index is 3460. The molecule has 0 aliphatic heterocycles. The first-order valence-electron chi connectivity index (χ1n) is 36.3. The van der Waals surface area contributed by atoms with Crippen LogP contribution in [0.3, 0.4) is 0 Å². The smallest absolute Gasteiger partial charge is 0.160 e. The van der Waals surface area contributed by atoms with Gasteiger partial charge in [0.25, 0.3) is 0 Å². The third kappa shape index (κ3) is 14.3. The number of aryl methyl sites for hydroxylation is 6. The van der Waals surface area contributed by atoms with Gasteiger partial charge < -0.3 is 0 Å². The van der Waals surface area contributed by atoms with Gasteiger partial charge in [0.05, 0.1) is 20.6 Å². The Morgan fingerprint density at radius 3 is 0.815 bits per heavy atom. The highest BCUT2D eigenvalue weighted by molar-refractivity contribution is 7.25. The van der Waals surface area contributed by atoms with Crippen LogP contribution >= 0.6 is 45.3 Å². The number of rotatable bonds is 38. The number of fused-ring (bicyclic) bond motifs is 6. The zero-order chi connectivity index (χ0) is 63.9. The number of unbranched alkanes of at least 4 members (excludes halogenated alkanes) is 18. The number of benzene rings is 5. The van der Waals surface area contributed by atoms with Crippen LogP contribution in [-0.4, -0.2) is 12.6 Å². The van der Waals surface area contributed by atoms with Gasteiger partial charge in [-0.25, -0.2) is 0 Å². The van der Waals surface area contributed by atoms with E-state index in [1.165, 1.54) is 260 Å².